The molecule has 1 aromatic rings. The SMILES string of the molecule is O=C1CCC(NCc2ccc(Cl)c([N+](=O)[O-])c2)CN1. The predicted molar refractivity (Wildman–Crippen MR) is 71.0 cm³/mol. The molecule has 19 heavy (non-hydrogen) atoms. The van der Waals surface area contributed by atoms with Crippen LogP contribution in [0.25, 0.3) is 0 Å². The Kier molecular flexibility index (Phi) is 4.34. The van der Waals surface area contributed by atoms with Crippen molar-refractivity contribution in [1.29, 1.82) is 0 Å². The average Bonchev–Trinajstić information content (AvgIpc) is 2.39. The fraction of sp³-hybridized carbons (Fsp3) is 0.417. The van der Waals surface area contributed by atoms with Crippen LogP contribution in [0.15, 0.2) is 18.2 Å². The minimum atomic E-state index is -0.493. The van der Waals surface area contributed by atoms with Crippen molar-refractivity contribution in [3.8, 4) is 0 Å². The maximum absolute atomic E-state index is 11.0. The Morgan fingerprint density at radius 2 is 2.32 bits per heavy atom. The lowest BCUT2D eigenvalue weighted by Gasteiger charge is -2.23. The Labute approximate surface area is 115 Å². The van der Waals surface area contributed by atoms with Crippen LogP contribution < -0.4 is 10.6 Å². The van der Waals surface area contributed by atoms with E-state index in [2.05, 4.69) is 10.6 Å². The Hall–Kier alpha value is -1.66. The van der Waals surface area contributed by atoms with Gasteiger partial charge < -0.3 is 10.6 Å². The Bertz CT molecular complexity index is 497. The lowest BCUT2D eigenvalue weighted by molar-refractivity contribution is -0.384. The van der Waals surface area contributed by atoms with Gasteiger partial charge in [-0.1, -0.05) is 17.7 Å². The molecule has 1 fully saturated rings. The van der Waals surface area contributed by atoms with Crippen molar-refractivity contribution in [3.63, 3.8) is 0 Å². The Morgan fingerprint density at radius 3 is 2.95 bits per heavy atom. The van der Waals surface area contributed by atoms with Crippen LogP contribution in [0.2, 0.25) is 5.02 Å². The molecule has 0 aromatic heterocycles. The second kappa shape index (κ2) is 5.99. The van der Waals surface area contributed by atoms with Crippen molar-refractivity contribution in [1.82, 2.24) is 10.6 Å². The molecule has 1 unspecified atom stereocenters. The maximum atomic E-state index is 11.0. The molecule has 6 nitrogen and oxygen atoms in total. The lowest BCUT2D eigenvalue weighted by Crippen LogP contribution is -2.45. The van der Waals surface area contributed by atoms with Crippen molar-refractivity contribution < 1.29 is 9.72 Å². The summed E-state index contributed by atoms with van der Waals surface area (Å²) in [4.78, 5) is 21.3. The zero-order valence-corrected chi connectivity index (χ0v) is 10.9. The van der Waals surface area contributed by atoms with Gasteiger partial charge in [0.05, 0.1) is 4.92 Å². The van der Waals surface area contributed by atoms with Gasteiger partial charge in [-0.2, -0.15) is 0 Å². The molecule has 1 amide bonds. The van der Waals surface area contributed by atoms with Crippen LogP contribution in [0.1, 0.15) is 18.4 Å². The fourth-order valence-electron chi connectivity index (χ4n) is 1.98. The van der Waals surface area contributed by atoms with Crippen LogP contribution in [0.3, 0.4) is 0 Å². The molecule has 1 heterocycles. The van der Waals surface area contributed by atoms with E-state index in [1.807, 2.05) is 0 Å². The summed E-state index contributed by atoms with van der Waals surface area (Å²) < 4.78 is 0. The summed E-state index contributed by atoms with van der Waals surface area (Å²) in [6, 6.07) is 4.95. The van der Waals surface area contributed by atoms with E-state index in [4.69, 9.17) is 11.6 Å². The third-order valence-electron chi connectivity index (χ3n) is 3.07. The summed E-state index contributed by atoms with van der Waals surface area (Å²) in [7, 11) is 0. The first-order chi connectivity index (χ1) is 9.06. The molecule has 1 saturated heterocycles. The molecule has 0 aliphatic carbocycles. The number of rotatable bonds is 4. The third kappa shape index (κ3) is 3.65. The number of carbonyl (C=O) groups is 1. The topological polar surface area (TPSA) is 84.3 Å². The monoisotopic (exact) mass is 283 g/mol. The van der Waals surface area contributed by atoms with Gasteiger partial charge in [0.25, 0.3) is 5.69 Å². The number of hydrogen-bond acceptors (Lipinski definition) is 4. The first kappa shape index (κ1) is 13.8. The molecule has 0 spiro atoms. The molecule has 1 aliphatic heterocycles. The van der Waals surface area contributed by atoms with Gasteiger partial charge in [-0.25, -0.2) is 0 Å². The number of hydrogen-bond donors (Lipinski definition) is 2. The van der Waals surface area contributed by atoms with E-state index >= 15 is 0 Å². The second-order valence-corrected chi connectivity index (χ2v) is 4.87. The molecule has 102 valence electrons. The molecular weight excluding hydrogens is 270 g/mol. The van der Waals surface area contributed by atoms with Gasteiger partial charge in [0, 0.05) is 31.6 Å². The van der Waals surface area contributed by atoms with Gasteiger partial charge in [-0.15, -0.1) is 0 Å². The van der Waals surface area contributed by atoms with E-state index in [0.717, 1.165) is 12.0 Å². The largest absolute Gasteiger partial charge is 0.355 e. The molecule has 1 atom stereocenters. The average molecular weight is 284 g/mol. The minimum absolute atomic E-state index is 0.0696. The summed E-state index contributed by atoms with van der Waals surface area (Å²) in [5.41, 5.74) is 0.714. The van der Waals surface area contributed by atoms with Crippen LogP contribution >= 0.6 is 11.6 Å². The number of amides is 1. The highest BCUT2D eigenvalue weighted by molar-refractivity contribution is 6.32. The Balaban J connectivity index is 1.94. The summed E-state index contributed by atoms with van der Waals surface area (Å²) in [5.74, 6) is 0.0696. The van der Waals surface area contributed by atoms with Crippen molar-refractivity contribution in [3.05, 3.63) is 38.9 Å². The highest BCUT2D eigenvalue weighted by atomic mass is 35.5. The number of nitro groups is 1. The van der Waals surface area contributed by atoms with E-state index < -0.39 is 4.92 Å². The van der Waals surface area contributed by atoms with Gasteiger partial charge in [-0.3, -0.25) is 14.9 Å². The highest BCUT2D eigenvalue weighted by Gasteiger charge is 2.18. The summed E-state index contributed by atoms with van der Waals surface area (Å²) >= 11 is 5.75. The number of halogens is 1. The first-order valence-corrected chi connectivity index (χ1v) is 6.37. The van der Waals surface area contributed by atoms with E-state index in [9.17, 15) is 14.9 Å². The number of nitrogens with one attached hydrogen (secondary N) is 2. The van der Waals surface area contributed by atoms with Gasteiger partial charge >= 0.3 is 0 Å². The zero-order chi connectivity index (χ0) is 13.8. The minimum Gasteiger partial charge on any atom is -0.355 e. The fourth-order valence-corrected chi connectivity index (χ4v) is 2.16. The quantitative estimate of drug-likeness (QED) is 0.649. The second-order valence-electron chi connectivity index (χ2n) is 4.46. The number of nitro benzene ring substituents is 1. The molecule has 2 N–H and O–H groups in total. The van der Waals surface area contributed by atoms with Crippen molar-refractivity contribution in [2.24, 2.45) is 0 Å². The molecule has 0 radical (unpaired) electrons. The normalized spacial score (nSPS) is 19.0. The first-order valence-electron chi connectivity index (χ1n) is 5.99. The maximum Gasteiger partial charge on any atom is 0.288 e. The van der Waals surface area contributed by atoms with E-state index in [1.54, 1.807) is 6.07 Å². The smallest absolute Gasteiger partial charge is 0.288 e. The molecule has 1 aromatic carbocycles. The number of piperidine rings is 1. The van der Waals surface area contributed by atoms with Gasteiger partial charge in [-0.05, 0) is 18.1 Å². The van der Waals surface area contributed by atoms with Crippen LogP contribution in [-0.2, 0) is 11.3 Å². The summed E-state index contributed by atoms with van der Waals surface area (Å²) in [6.07, 6.45) is 1.29. The van der Waals surface area contributed by atoms with Crippen molar-refractivity contribution >= 4 is 23.2 Å². The van der Waals surface area contributed by atoms with E-state index in [1.165, 1.54) is 12.1 Å². The standard InChI is InChI=1S/C12H14ClN3O3/c13-10-3-1-8(5-11(10)16(18)19)6-14-9-2-4-12(17)15-7-9/h1,3,5,9,14H,2,4,6-7H2,(H,15,17). The molecule has 2 rings (SSSR count). The van der Waals surface area contributed by atoms with Gasteiger partial charge in [0.1, 0.15) is 5.02 Å². The molecule has 1 aliphatic rings. The Morgan fingerprint density at radius 1 is 1.53 bits per heavy atom. The van der Waals surface area contributed by atoms with E-state index in [-0.39, 0.29) is 22.7 Å². The van der Waals surface area contributed by atoms with Crippen molar-refractivity contribution in [2.75, 3.05) is 6.54 Å². The highest BCUT2D eigenvalue weighted by Crippen LogP contribution is 2.25. The van der Waals surface area contributed by atoms with Crippen LogP contribution in [-0.4, -0.2) is 23.4 Å². The lowest BCUT2D eigenvalue weighted by atomic mass is 10.1. The van der Waals surface area contributed by atoms with Gasteiger partial charge in [0.15, 0.2) is 0 Å². The third-order valence-corrected chi connectivity index (χ3v) is 3.39. The van der Waals surface area contributed by atoms with Crippen LogP contribution in [0, 0.1) is 10.1 Å². The summed E-state index contributed by atoms with van der Waals surface area (Å²) in [5, 5.41) is 16.9. The molecule has 0 bridgehead atoms. The summed E-state index contributed by atoms with van der Waals surface area (Å²) in [6.45, 7) is 1.10. The van der Waals surface area contributed by atoms with Crippen molar-refractivity contribution in [2.45, 2.75) is 25.4 Å². The zero-order valence-electron chi connectivity index (χ0n) is 10.2. The number of carbonyl (C=O) groups excluding carboxylic acids is 1. The molecule has 0 saturated carbocycles. The molecule has 7 heteroatoms. The van der Waals surface area contributed by atoms with Gasteiger partial charge in [0.2, 0.25) is 5.91 Å². The van der Waals surface area contributed by atoms with Crippen LogP contribution in [0.5, 0.6) is 0 Å². The van der Waals surface area contributed by atoms with E-state index in [0.29, 0.717) is 19.5 Å². The van der Waals surface area contributed by atoms with Crippen LogP contribution in [0.4, 0.5) is 5.69 Å². The number of nitrogens with zero attached hydrogens (tertiary/aromatic N) is 1. The number of benzene rings is 1. The molecular formula is C12H14ClN3O3. The predicted octanol–water partition coefficient (Wildman–Crippen LogP) is 1.62.